The van der Waals surface area contributed by atoms with Crippen LogP contribution in [0.1, 0.15) is 23.6 Å². The molecule has 8 heteroatoms. The number of hydrogen-bond donors (Lipinski definition) is 2. The molecule has 2 N–H and O–H groups in total. The van der Waals surface area contributed by atoms with Crippen molar-refractivity contribution in [2.45, 2.75) is 32.3 Å². The number of carbonyl (C=O) groups is 1. The summed E-state index contributed by atoms with van der Waals surface area (Å²) in [6.45, 7) is 6.12. The molecule has 1 aromatic heterocycles. The van der Waals surface area contributed by atoms with Crippen LogP contribution in [0.2, 0.25) is 0 Å². The number of carbonyl (C=O) groups excluding carboxylic acids is 1. The highest BCUT2D eigenvalue weighted by molar-refractivity contribution is 9.10. The molecule has 0 unspecified atom stereocenters. The third kappa shape index (κ3) is 5.18. The highest BCUT2D eigenvalue weighted by Gasteiger charge is 2.21. The monoisotopic (exact) mass is 536 g/mol. The lowest BCUT2D eigenvalue weighted by Crippen LogP contribution is -2.15. The van der Waals surface area contributed by atoms with Gasteiger partial charge in [0.1, 0.15) is 5.75 Å². The van der Waals surface area contributed by atoms with Crippen LogP contribution in [0.3, 0.4) is 0 Å². The van der Waals surface area contributed by atoms with E-state index in [2.05, 4.69) is 44.4 Å². The van der Waals surface area contributed by atoms with Crippen molar-refractivity contribution in [3.8, 4) is 22.8 Å². The number of phenols is 1. The molecule has 0 aliphatic heterocycles. The molecule has 4 rings (SSSR count). The van der Waals surface area contributed by atoms with E-state index in [1.54, 1.807) is 12.1 Å². The van der Waals surface area contributed by atoms with Crippen molar-refractivity contribution < 1.29 is 9.90 Å². The fourth-order valence-corrected chi connectivity index (χ4v) is 4.87. The number of aromatic nitrogens is 3. The molecule has 34 heavy (non-hydrogen) atoms. The lowest BCUT2D eigenvalue weighted by molar-refractivity contribution is -0.113. The van der Waals surface area contributed by atoms with Crippen molar-refractivity contribution in [3.05, 3.63) is 81.8 Å². The first-order chi connectivity index (χ1) is 16.4. The van der Waals surface area contributed by atoms with Crippen LogP contribution in [0.25, 0.3) is 17.1 Å². The van der Waals surface area contributed by atoms with Crippen LogP contribution >= 0.6 is 27.7 Å². The largest absolute Gasteiger partial charge is 0.507 e. The number of thioether (sulfide) groups is 1. The smallest absolute Gasteiger partial charge is 0.234 e. The molecule has 0 saturated carbocycles. The minimum absolute atomic E-state index is 0.104. The number of benzene rings is 3. The Kier molecular flexibility index (Phi) is 7.38. The number of nitrogens with one attached hydrogen (secondary N) is 1. The van der Waals surface area contributed by atoms with Crippen molar-refractivity contribution in [2.24, 2.45) is 0 Å². The van der Waals surface area contributed by atoms with Gasteiger partial charge in [0.25, 0.3) is 0 Å². The number of anilines is 1. The molecule has 0 fully saturated rings. The van der Waals surface area contributed by atoms with Gasteiger partial charge in [-0.1, -0.05) is 70.5 Å². The van der Waals surface area contributed by atoms with Crippen LogP contribution in [0, 0.1) is 13.8 Å². The molecular formula is C26H25BrN4O2S. The van der Waals surface area contributed by atoms with Gasteiger partial charge in [-0.15, -0.1) is 10.2 Å². The van der Waals surface area contributed by atoms with Crippen LogP contribution in [-0.2, 0) is 11.2 Å². The molecule has 174 valence electrons. The van der Waals surface area contributed by atoms with Gasteiger partial charge in [-0.05, 0) is 61.7 Å². The van der Waals surface area contributed by atoms with Crippen molar-refractivity contribution in [1.29, 1.82) is 0 Å². The van der Waals surface area contributed by atoms with Gasteiger partial charge in [-0.3, -0.25) is 9.36 Å². The van der Waals surface area contributed by atoms with E-state index in [0.717, 1.165) is 39.0 Å². The summed E-state index contributed by atoms with van der Waals surface area (Å²) < 4.78 is 2.72. The summed E-state index contributed by atoms with van der Waals surface area (Å²) in [6.07, 6.45) is 0.837. The summed E-state index contributed by atoms with van der Waals surface area (Å²) in [5.41, 5.74) is 5.54. The number of phenolic OH excluding ortho intramolecular Hbond substituents is 1. The zero-order valence-corrected chi connectivity index (χ0v) is 21.6. The summed E-state index contributed by atoms with van der Waals surface area (Å²) >= 11 is 4.78. The lowest BCUT2D eigenvalue weighted by Gasteiger charge is -2.14. The van der Waals surface area contributed by atoms with E-state index in [-0.39, 0.29) is 17.4 Å². The van der Waals surface area contributed by atoms with Gasteiger partial charge in [0.05, 0.1) is 17.0 Å². The molecule has 0 bridgehead atoms. The lowest BCUT2D eigenvalue weighted by atomic mass is 10.1. The van der Waals surface area contributed by atoms with Crippen molar-refractivity contribution >= 4 is 39.3 Å². The minimum Gasteiger partial charge on any atom is -0.507 e. The van der Waals surface area contributed by atoms with Crippen molar-refractivity contribution in [1.82, 2.24) is 14.8 Å². The maximum absolute atomic E-state index is 12.8. The van der Waals surface area contributed by atoms with Gasteiger partial charge in [0.15, 0.2) is 11.0 Å². The third-order valence-electron chi connectivity index (χ3n) is 5.43. The number of aromatic hydroxyl groups is 1. The fourth-order valence-electron chi connectivity index (χ4n) is 3.77. The van der Waals surface area contributed by atoms with E-state index in [1.165, 1.54) is 11.8 Å². The summed E-state index contributed by atoms with van der Waals surface area (Å²) in [7, 11) is 0. The molecule has 6 nitrogen and oxygen atoms in total. The molecule has 4 aromatic rings. The molecule has 0 spiro atoms. The van der Waals surface area contributed by atoms with E-state index in [4.69, 9.17) is 0 Å². The average molecular weight is 537 g/mol. The molecule has 0 saturated heterocycles. The number of aryl methyl sites for hydroxylation is 3. The fraction of sp³-hybridized carbons (Fsp3) is 0.192. The molecule has 0 atom stereocenters. The van der Waals surface area contributed by atoms with Gasteiger partial charge in [0, 0.05) is 10.2 Å². The van der Waals surface area contributed by atoms with Gasteiger partial charge in [-0.2, -0.15) is 0 Å². The Morgan fingerprint density at radius 1 is 1.09 bits per heavy atom. The van der Waals surface area contributed by atoms with E-state index in [9.17, 15) is 9.90 Å². The number of para-hydroxylation sites is 1. The second-order valence-corrected chi connectivity index (χ2v) is 9.80. The standard InChI is InChI=1S/C26H25BrN4O2S/c1-4-18-7-5-6-8-21(18)28-24(33)15-34-26-30-29-25(20-14-19(27)10-12-23(20)32)31(26)22-11-9-16(2)13-17(22)3/h5-14,32H,4,15H2,1-3H3,(H,28,33). The summed E-state index contributed by atoms with van der Waals surface area (Å²) in [5.74, 6) is 0.663. The summed E-state index contributed by atoms with van der Waals surface area (Å²) in [4.78, 5) is 12.8. The first-order valence-electron chi connectivity index (χ1n) is 10.9. The first-order valence-corrected chi connectivity index (χ1v) is 12.7. The Hall–Kier alpha value is -3.10. The zero-order valence-electron chi connectivity index (χ0n) is 19.2. The maximum atomic E-state index is 12.8. The second-order valence-electron chi connectivity index (χ2n) is 7.94. The van der Waals surface area contributed by atoms with Gasteiger partial charge < -0.3 is 10.4 Å². The third-order valence-corrected chi connectivity index (χ3v) is 6.85. The molecule has 1 heterocycles. The molecule has 0 aliphatic carbocycles. The Morgan fingerprint density at radius 2 is 1.88 bits per heavy atom. The Labute approximate surface area is 211 Å². The van der Waals surface area contributed by atoms with E-state index < -0.39 is 0 Å². The van der Waals surface area contributed by atoms with E-state index >= 15 is 0 Å². The van der Waals surface area contributed by atoms with Crippen LogP contribution < -0.4 is 5.32 Å². The van der Waals surface area contributed by atoms with Crippen molar-refractivity contribution in [2.75, 3.05) is 11.1 Å². The topological polar surface area (TPSA) is 80.0 Å². The predicted octanol–water partition coefficient (Wildman–Crippen LogP) is 6.31. The molecule has 1 amide bonds. The van der Waals surface area contributed by atoms with E-state index in [0.29, 0.717) is 16.5 Å². The Balaban J connectivity index is 1.68. The number of hydrogen-bond acceptors (Lipinski definition) is 5. The van der Waals surface area contributed by atoms with Crippen LogP contribution in [0.5, 0.6) is 5.75 Å². The number of rotatable bonds is 7. The normalized spacial score (nSPS) is 10.9. The second kappa shape index (κ2) is 10.4. The molecule has 3 aromatic carbocycles. The average Bonchev–Trinajstić information content (AvgIpc) is 3.23. The highest BCUT2D eigenvalue weighted by Crippen LogP contribution is 2.35. The van der Waals surface area contributed by atoms with Crippen molar-refractivity contribution in [3.63, 3.8) is 0 Å². The van der Waals surface area contributed by atoms with Gasteiger partial charge >= 0.3 is 0 Å². The summed E-state index contributed by atoms with van der Waals surface area (Å²) in [5, 5.41) is 22.9. The molecule has 0 radical (unpaired) electrons. The number of nitrogens with zero attached hydrogens (tertiary/aromatic N) is 3. The van der Waals surface area contributed by atoms with Gasteiger partial charge in [-0.25, -0.2) is 0 Å². The molecular weight excluding hydrogens is 512 g/mol. The highest BCUT2D eigenvalue weighted by atomic mass is 79.9. The first kappa shape index (κ1) is 24.0. The Bertz CT molecular complexity index is 1350. The van der Waals surface area contributed by atoms with E-state index in [1.807, 2.05) is 60.9 Å². The zero-order chi connectivity index (χ0) is 24.2. The summed E-state index contributed by atoms with van der Waals surface area (Å²) in [6, 6.07) is 19.1. The number of amides is 1. The molecule has 0 aliphatic rings. The van der Waals surface area contributed by atoms with Crippen LogP contribution in [-0.4, -0.2) is 31.5 Å². The SMILES string of the molecule is CCc1ccccc1NC(=O)CSc1nnc(-c2cc(Br)ccc2O)n1-c1ccc(C)cc1C. The minimum atomic E-state index is -0.118. The van der Waals surface area contributed by atoms with Crippen LogP contribution in [0.4, 0.5) is 5.69 Å². The quantitative estimate of drug-likeness (QED) is 0.270. The van der Waals surface area contributed by atoms with Crippen LogP contribution in [0.15, 0.2) is 70.3 Å². The number of halogens is 1. The maximum Gasteiger partial charge on any atom is 0.234 e. The predicted molar refractivity (Wildman–Crippen MR) is 141 cm³/mol. The van der Waals surface area contributed by atoms with Gasteiger partial charge in [0.2, 0.25) is 5.91 Å². The Morgan fingerprint density at radius 3 is 2.65 bits per heavy atom.